The molecule has 1 aliphatic carbocycles. The van der Waals surface area contributed by atoms with Gasteiger partial charge in [-0.3, -0.25) is 9.59 Å². The zero-order chi connectivity index (χ0) is 25.5. The molecule has 1 aliphatic heterocycles. The van der Waals surface area contributed by atoms with Gasteiger partial charge in [-0.1, -0.05) is 17.7 Å². The molecule has 1 heterocycles. The van der Waals surface area contributed by atoms with Crippen molar-refractivity contribution >= 4 is 34.9 Å². The molecule has 1 saturated heterocycles. The van der Waals surface area contributed by atoms with E-state index in [2.05, 4.69) is 15.5 Å². The lowest BCUT2D eigenvalue weighted by Gasteiger charge is -2.36. The lowest BCUT2D eigenvalue weighted by Crippen LogP contribution is -2.50. The monoisotopic (exact) mass is 493 g/mol. The van der Waals surface area contributed by atoms with E-state index in [0.717, 1.165) is 42.9 Å². The standard InChI is InChI=1S/C27H35N5O4/c1-20-3-7-23(8-4-20)29-27(35)31-15-13-30(14-16-31)24-11-9-22(10-12-24)28-25(33)19-32(17-18-36-2)26(34)21-5-6-21/h3-4,7-12,21H,5-6,13-19H2,1-2H3,(H,28,33)(H,29,35). The highest BCUT2D eigenvalue weighted by molar-refractivity contribution is 5.95. The van der Waals surface area contributed by atoms with Crippen LogP contribution in [0.5, 0.6) is 0 Å². The first-order valence-corrected chi connectivity index (χ1v) is 12.5. The van der Waals surface area contributed by atoms with E-state index in [0.29, 0.717) is 31.9 Å². The molecule has 0 atom stereocenters. The summed E-state index contributed by atoms with van der Waals surface area (Å²) in [5.74, 6) is -0.131. The maximum atomic E-state index is 12.6. The van der Waals surface area contributed by atoms with Crippen molar-refractivity contribution < 1.29 is 19.1 Å². The second-order valence-electron chi connectivity index (χ2n) is 9.39. The zero-order valence-corrected chi connectivity index (χ0v) is 21.0. The van der Waals surface area contributed by atoms with Gasteiger partial charge in [0.1, 0.15) is 0 Å². The summed E-state index contributed by atoms with van der Waals surface area (Å²) in [5, 5.41) is 5.85. The van der Waals surface area contributed by atoms with Crippen molar-refractivity contribution in [2.24, 2.45) is 5.92 Å². The van der Waals surface area contributed by atoms with Crippen molar-refractivity contribution in [2.75, 3.05) is 68.5 Å². The molecule has 9 nitrogen and oxygen atoms in total. The molecule has 0 aromatic heterocycles. The van der Waals surface area contributed by atoms with E-state index in [1.165, 1.54) is 0 Å². The van der Waals surface area contributed by atoms with Gasteiger partial charge < -0.3 is 30.1 Å². The van der Waals surface area contributed by atoms with Crippen molar-refractivity contribution in [1.29, 1.82) is 0 Å². The number of hydrogen-bond donors (Lipinski definition) is 2. The Labute approximate surface area is 212 Å². The Hall–Kier alpha value is -3.59. The third kappa shape index (κ3) is 6.97. The van der Waals surface area contributed by atoms with Crippen molar-refractivity contribution in [1.82, 2.24) is 9.80 Å². The molecule has 2 aromatic carbocycles. The second-order valence-corrected chi connectivity index (χ2v) is 9.39. The van der Waals surface area contributed by atoms with Crippen LogP contribution < -0.4 is 15.5 Å². The van der Waals surface area contributed by atoms with Crippen LogP contribution in [-0.2, 0) is 14.3 Å². The van der Waals surface area contributed by atoms with Crippen LogP contribution in [0, 0.1) is 12.8 Å². The molecule has 0 radical (unpaired) electrons. The highest BCUT2D eigenvalue weighted by atomic mass is 16.5. The number of methoxy groups -OCH3 is 1. The minimum Gasteiger partial charge on any atom is -0.383 e. The molecule has 192 valence electrons. The van der Waals surface area contributed by atoms with E-state index in [9.17, 15) is 14.4 Å². The van der Waals surface area contributed by atoms with Crippen LogP contribution in [0.25, 0.3) is 0 Å². The van der Waals surface area contributed by atoms with Crippen LogP contribution in [0.3, 0.4) is 0 Å². The van der Waals surface area contributed by atoms with Crippen molar-refractivity contribution in [2.45, 2.75) is 19.8 Å². The summed E-state index contributed by atoms with van der Waals surface area (Å²) in [6.07, 6.45) is 1.80. The number of piperazine rings is 1. The third-order valence-electron chi connectivity index (χ3n) is 6.52. The summed E-state index contributed by atoms with van der Waals surface area (Å²) >= 11 is 0. The summed E-state index contributed by atoms with van der Waals surface area (Å²) < 4.78 is 5.09. The van der Waals surface area contributed by atoms with Crippen LogP contribution in [0.15, 0.2) is 48.5 Å². The minimum atomic E-state index is -0.221. The Morgan fingerprint density at radius 3 is 2.14 bits per heavy atom. The number of ether oxygens (including phenoxy) is 1. The number of aryl methyl sites for hydroxylation is 1. The lowest BCUT2D eigenvalue weighted by atomic mass is 10.2. The van der Waals surface area contributed by atoms with E-state index in [-0.39, 0.29) is 30.3 Å². The van der Waals surface area contributed by atoms with E-state index in [4.69, 9.17) is 4.74 Å². The Kier molecular flexibility index (Phi) is 8.43. The summed E-state index contributed by atoms with van der Waals surface area (Å²) in [5.41, 5.74) is 3.67. The van der Waals surface area contributed by atoms with Gasteiger partial charge in [0.2, 0.25) is 11.8 Å². The summed E-state index contributed by atoms with van der Waals surface area (Å²) in [6.45, 7) is 5.56. The van der Waals surface area contributed by atoms with Gasteiger partial charge in [-0.25, -0.2) is 4.79 Å². The molecular formula is C27H35N5O4. The van der Waals surface area contributed by atoms with Crippen LogP contribution in [0.2, 0.25) is 0 Å². The summed E-state index contributed by atoms with van der Waals surface area (Å²) in [6, 6.07) is 15.4. The van der Waals surface area contributed by atoms with Gasteiger partial charge in [0, 0.05) is 62.8 Å². The van der Waals surface area contributed by atoms with Gasteiger partial charge in [-0.05, 0) is 56.2 Å². The number of carbonyl (C=O) groups is 3. The van der Waals surface area contributed by atoms with Crippen molar-refractivity contribution in [3.05, 3.63) is 54.1 Å². The molecule has 1 saturated carbocycles. The summed E-state index contributed by atoms with van der Waals surface area (Å²) in [7, 11) is 1.58. The number of urea groups is 1. The normalized spacial score (nSPS) is 15.4. The highest BCUT2D eigenvalue weighted by Gasteiger charge is 2.34. The second kappa shape index (κ2) is 11.9. The Morgan fingerprint density at radius 2 is 1.53 bits per heavy atom. The Balaban J connectivity index is 1.24. The molecule has 0 unspecified atom stereocenters. The molecule has 0 spiro atoms. The molecule has 9 heteroatoms. The number of anilines is 3. The van der Waals surface area contributed by atoms with Gasteiger partial charge in [-0.15, -0.1) is 0 Å². The fourth-order valence-electron chi connectivity index (χ4n) is 4.19. The number of benzene rings is 2. The molecule has 2 aromatic rings. The van der Waals surface area contributed by atoms with Gasteiger partial charge in [-0.2, -0.15) is 0 Å². The topological polar surface area (TPSA) is 94.2 Å². The average molecular weight is 494 g/mol. The molecule has 4 rings (SSSR count). The number of hydrogen-bond acceptors (Lipinski definition) is 5. The molecule has 2 aliphatic rings. The zero-order valence-electron chi connectivity index (χ0n) is 21.0. The number of nitrogens with one attached hydrogen (secondary N) is 2. The number of rotatable bonds is 9. The molecule has 0 bridgehead atoms. The molecule has 4 amide bonds. The van der Waals surface area contributed by atoms with Crippen molar-refractivity contribution in [3.8, 4) is 0 Å². The van der Waals surface area contributed by atoms with E-state index in [1.54, 1.807) is 12.0 Å². The summed E-state index contributed by atoms with van der Waals surface area (Å²) in [4.78, 5) is 43.2. The minimum absolute atomic E-state index is 0.0209. The Bertz CT molecular complexity index is 1040. The van der Waals surface area contributed by atoms with Gasteiger partial charge in [0.25, 0.3) is 0 Å². The molecule has 2 fully saturated rings. The predicted molar refractivity (Wildman–Crippen MR) is 140 cm³/mol. The van der Waals surface area contributed by atoms with Crippen LogP contribution in [0.1, 0.15) is 18.4 Å². The number of nitrogens with zero attached hydrogens (tertiary/aromatic N) is 3. The largest absolute Gasteiger partial charge is 0.383 e. The van der Waals surface area contributed by atoms with E-state index >= 15 is 0 Å². The third-order valence-corrected chi connectivity index (χ3v) is 6.52. The number of amides is 4. The maximum absolute atomic E-state index is 12.6. The fraction of sp³-hybridized carbons (Fsp3) is 0.444. The smallest absolute Gasteiger partial charge is 0.321 e. The molecular weight excluding hydrogens is 458 g/mol. The predicted octanol–water partition coefficient (Wildman–Crippen LogP) is 3.17. The van der Waals surface area contributed by atoms with Gasteiger partial charge in [0.15, 0.2) is 0 Å². The average Bonchev–Trinajstić information content (AvgIpc) is 3.74. The van der Waals surface area contributed by atoms with Crippen molar-refractivity contribution in [3.63, 3.8) is 0 Å². The first-order valence-electron chi connectivity index (χ1n) is 12.5. The van der Waals surface area contributed by atoms with Gasteiger partial charge in [0.05, 0.1) is 13.2 Å². The molecule has 2 N–H and O–H groups in total. The van der Waals surface area contributed by atoms with Crippen LogP contribution in [-0.4, -0.2) is 80.6 Å². The van der Waals surface area contributed by atoms with E-state index < -0.39 is 0 Å². The number of carbonyl (C=O) groups excluding carboxylic acids is 3. The van der Waals surface area contributed by atoms with E-state index in [1.807, 2.05) is 60.4 Å². The fourth-order valence-corrected chi connectivity index (χ4v) is 4.19. The highest BCUT2D eigenvalue weighted by Crippen LogP contribution is 2.31. The van der Waals surface area contributed by atoms with Crippen LogP contribution in [0.4, 0.5) is 21.9 Å². The SMILES string of the molecule is COCCN(CC(=O)Nc1ccc(N2CCN(C(=O)Nc3ccc(C)cc3)CC2)cc1)C(=O)C1CC1. The first kappa shape index (κ1) is 25.5. The van der Waals surface area contributed by atoms with Crippen LogP contribution >= 0.6 is 0 Å². The lowest BCUT2D eigenvalue weighted by molar-refractivity contribution is -0.136. The quantitative estimate of drug-likeness (QED) is 0.560. The maximum Gasteiger partial charge on any atom is 0.321 e. The Morgan fingerprint density at radius 1 is 0.917 bits per heavy atom. The first-order chi connectivity index (χ1) is 17.4. The van der Waals surface area contributed by atoms with Gasteiger partial charge >= 0.3 is 6.03 Å². The molecule has 36 heavy (non-hydrogen) atoms.